The second kappa shape index (κ2) is 6.73. The smallest absolute Gasteiger partial charge is 0.251 e. The summed E-state index contributed by atoms with van der Waals surface area (Å²) in [7, 11) is 3.31. The van der Waals surface area contributed by atoms with E-state index in [1.807, 2.05) is 30.3 Å². The molecule has 0 radical (unpaired) electrons. The van der Waals surface area contributed by atoms with Gasteiger partial charge in [-0.3, -0.25) is 4.79 Å². The number of carbonyl (C=O) groups excluding carboxylic acids is 1. The summed E-state index contributed by atoms with van der Waals surface area (Å²) >= 11 is 0. The third kappa shape index (κ3) is 3.31. The molecule has 0 spiro atoms. The molecule has 2 aromatic rings. The molecule has 4 nitrogen and oxygen atoms in total. The molecule has 3 rings (SSSR count). The summed E-state index contributed by atoms with van der Waals surface area (Å²) in [6.45, 7) is 0.664. The molecule has 1 amide bonds. The van der Waals surface area contributed by atoms with E-state index in [2.05, 4.69) is 17.4 Å². The Hall–Kier alpha value is -2.49. The molecule has 120 valence electrons. The van der Waals surface area contributed by atoms with Crippen LogP contribution in [0, 0.1) is 5.92 Å². The Morgan fingerprint density at radius 3 is 2.91 bits per heavy atom. The normalized spacial score (nSPS) is 16.2. The number of fused-ring (bicyclic) bond motifs is 1. The van der Waals surface area contributed by atoms with E-state index in [4.69, 9.17) is 9.47 Å². The molecule has 1 aliphatic heterocycles. The molecular weight excluding hydrogens is 290 g/mol. The molecule has 0 bridgehead atoms. The molecular formula is C19H21NO3. The van der Waals surface area contributed by atoms with E-state index in [1.165, 1.54) is 5.56 Å². The highest BCUT2D eigenvalue weighted by Crippen LogP contribution is 2.36. The lowest BCUT2D eigenvalue weighted by atomic mass is 9.90. The van der Waals surface area contributed by atoms with Crippen LogP contribution in [0.5, 0.6) is 11.5 Å². The van der Waals surface area contributed by atoms with Gasteiger partial charge < -0.3 is 14.8 Å². The fraction of sp³-hybridized carbons (Fsp3) is 0.316. The molecule has 23 heavy (non-hydrogen) atoms. The molecule has 1 aliphatic rings. The minimum Gasteiger partial charge on any atom is -0.493 e. The average molecular weight is 311 g/mol. The van der Waals surface area contributed by atoms with Crippen LogP contribution in [0.2, 0.25) is 0 Å². The lowest BCUT2D eigenvalue weighted by Gasteiger charge is -2.26. The van der Waals surface area contributed by atoms with Crippen molar-refractivity contribution in [1.82, 2.24) is 5.32 Å². The highest BCUT2D eigenvalue weighted by Gasteiger charge is 2.23. The van der Waals surface area contributed by atoms with Crippen molar-refractivity contribution in [2.24, 2.45) is 5.92 Å². The lowest BCUT2D eigenvalue weighted by Crippen LogP contribution is -2.23. The van der Waals surface area contributed by atoms with E-state index in [9.17, 15) is 4.79 Å². The van der Waals surface area contributed by atoms with Crippen LogP contribution in [-0.2, 0) is 12.8 Å². The zero-order chi connectivity index (χ0) is 16.2. The molecule has 1 N–H and O–H groups in total. The van der Waals surface area contributed by atoms with Gasteiger partial charge in [-0.25, -0.2) is 0 Å². The van der Waals surface area contributed by atoms with Gasteiger partial charge in [0.25, 0.3) is 5.91 Å². The second-order valence-electron chi connectivity index (χ2n) is 5.81. The van der Waals surface area contributed by atoms with Crippen LogP contribution in [0.25, 0.3) is 0 Å². The number of para-hydroxylation sites is 1. The van der Waals surface area contributed by atoms with Gasteiger partial charge in [0.1, 0.15) is 0 Å². The van der Waals surface area contributed by atoms with E-state index in [0.29, 0.717) is 18.1 Å². The second-order valence-corrected chi connectivity index (χ2v) is 5.81. The van der Waals surface area contributed by atoms with Gasteiger partial charge in [-0.2, -0.15) is 0 Å². The number of hydrogen-bond donors (Lipinski definition) is 1. The monoisotopic (exact) mass is 311 g/mol. The average Bonchev–Trinajstić information content (AvgIpc) is 2.60. The SMILES string of the molecule is CNC(=O)c1cccc(C[C@H]2COc3c(cccc3OC)C2)c1. The molecule has 0 aliphatic carbocycles. The van der Waals surface area contributed by atoms with Crippen molar-refractivity contribution in [3.63, 3.8) is 0 Å². The fourth-order valence-electron chi connectivity index (χ4n) is 3.07. The van der Waals surface area contributed by atoms with Crippen molar-refractivity contribution in [3.05, 3.63) is 59.2 Å². The Morgan fingerprint density at radius 2 is 2.13 bits per heavy atom. The quantitative estimate of drug-likeness (QED) is 0.944. The Morgan fingerprint density at radius 1 is 1.30 bits per heavy atom. The minimum atomic E-state index is -0.0539. The van der Waals surface area contributed by atoms with Crippen molar-refractivity contribution in [2.75, 3.05) is 20.8 Å². The number of carbonyl (C=O) groups is 1. The lowest BCUT2D eigenvalue weighted by molar-refractivity contribution is 0.0963. The standard InChI is InChI=1S/C19H21NO3/c1-20-19(21)16-7-3-5-13(10-16)9-14-11-15-6-4-8-17(22-2)18(15)23-12-14/h3-8,10,14H,9,11-12H2,1-2H3,(H,20,21)/t14-/m1/s1. The molecule has 1 heterocycles. The van der Waals surface area contributed by atoms with Crippen molar-refractivity contribution in [2.45, 2.75) is 12.8 Å². The van der Waals surface area contributed by atoms with Gasteiger partial charge >= 0.3 is 0 Å². The van der Waals surface area contributed by atoms with Gasteiger partial charge in [0, 0.05) is 18.5 Å². The first-order chi connectivity index (χ1) is 11.2. The van der Waals surface area contributed by atoms with Gasteiger partial charge in [-0.15, -0.1) is 0 Å². The molecule has 1 atom stereocenters. The summed E-state index contributed by atoms with van der Waals surface area (Å²) < 4.78 is 11.3. The Bertz CT molecular complexity index is 712. The van der Waals surface area contributed by atoms with Crippen LogP contribution in [0.1, 0.15) is 21.5 Å². The molecule has 2 aromatic carbocycles. The Balaban J connectivity index is 1.74. The first-order valence-electron chi connectivity index (χ1n) is 7.81. The number of methoxy groups -OCH3 is 1. The Kier molecular flexibility index (Phi) is 4.51. The van der Waals surface area contributed by atoms with Gasteiger partial charge in [0.05, 0.1) is 13.7 Å². The van der Waals surface area contributed by atoms with Crippen molar-refractivity contribution in [3.8, 4) is 11.5 Å². The van der Waals surface area contributed by atoms with Crippen LogP contribution in [0.15, 0.2) is 42.5 Å². The summed E-state index contributed by atoms with van der Waals surface area (Å²) in [5, 5.41) is 2.66. The number of amides is 1. The van der Waals surface area contributed by atoms with Crippen LogP contribution >= 0.6 is 0 Å². The van der Waals surface area contributed by atoms with Crippen molar-refractivity contribution >= 4 is 5.91 Å². The van der Waals surface area contributed by atoms with E-state index >= 15 is 0 Å². The van der Waals surface area contributed by atoms with Crippen molar-refractivity contribution < 1.29 is 14.3 Å². The van der Waals surface area contributed by atoms with Gasteiger partial charge in [-0.1, -0.05) is 24.3 Å². The number of ether oxygens (including phenoxy) is 2. The zero-order valence-electron chi connectivity index (χ0n) is 13.5. The predicted molar refractivity (Wildman–Crippen MR) is 89.2 cm³/mol. The largest absolute Gasteiger partial charge is 0.493 e. The third-order valence-electron chi connectivity index (χ3n) is 4.19. The van der Waals surface area contributed by atoms with E-state index < -0.39 is 0 Å². The van der Waals surface area contributed by atoms with Crippen molar-refractivity contribution in [1.29, 1.82) is 0 Å². The molecule has 0 saturated carbocycles. The van der Waals surface area contributed by atoms with E-state index in [-0.39, 0.29) is 5.91 Å². The number of nitrogens with one attached hydrogen (secondary N) is 1. The summed E-state index contributed by atoms with van der Waals surface area (Å²) in [5.74, 6) is 2.00. The number of benzene rings is 2. The maximum Gasteiger partial charge on any atom is 0.251 e. The first kappa shape index (κ1) is 15.4. The van der Waals surface area contributed by atoms with Gasteiger partial charge in [0.15, 0.2) is 11.5 Å². The van der Waals surface area contributed by atoms with Gasteiger partial charge in [0.2, 0.25) is 0 Å². The maximum atomic E-state index is 11.7. The number of rotatable bonds is 4. The molecule has 0 aromatic heterocycles. The predicted octanol–water partition coefficient (Wildman–Crippen LogP) is 2.85. The summed E-state index contributed by atoms with van der Waals surface area (Å²) in [6.07, 6.45) is 1.85. The van der Waals surface area contributed by atoms with Crippen LogP contribution < -0.4 is 14.8 Å². The van der Waals surface area contributed by atoms with Gasteiger partial charge in [-0.05, 0) is 42.2 Å². The minimum absolute atomic E-state index is 0.0539. The summed E-state index contributed by atoms with van der Waals surface area (Å²) in [5.41, 5.74) is 3.04. The highest BCUT2D eigenvalue weighted by molar-refractivity contribution is 5.94. The first-order valence-corrected chi connectivity index (χ1v) is 7.81. The topological polar surface area (TPSA) is 47.6 Å². The van der Waals surface area contributed by atoms with E-state index in [0.717, 1.165) is 29.9 Å². The Labute approximate surface area is 136 Å². The number of hydrogen-bond acceptors (Lipinski definition) is 3. The fourth-order valence-corrected chi connectivity index (χ4v) is 3.07. The van der Waals surface area contributed by atoms with E-state index in [1.54, 1.807) is 14.2 Å². The van der Waals surface area contributed by atoms with Crippen LogP contribution in [0.4, 0.5) is 0 Å². The molecule has 4 heteroatoms. The highest BCUT2D eigenvalue weighted by atomic mass is 16.5. The third-order valence-corrected chi connectivity index (χ3v) is 4.19. The maximum absolute atomic E-state index is 11.7. The van der Waals surface area contributed by atoms with Crippen LogP contribution in [0.3, 0.4) is 0 Å². The molecule has 0 fully saturated rings. The summed E-state index contributed by atoms with van der Waals surface area (Å²) in [6, 6.07) is 13.8. The molecule has 0 unspecified atom stereocenters. The summed E-state index contributed by atoms with van der Waals surface area (Å²) in [4.78, 5) is 11.7. The molecule has 0 saturated heterocycles. The zero-order valence-corrected chi connectivity index (χ0v) is 13.5. The van der Waals surface area contributed by atoms with Crippen LogP contribution in [-0.4, -0.2) is 26.7 Å².